The van der Waals surface area contributed by atoms with Crippen LogP contribution >= 0.6 is 23.1 Å². The Morgan fingerprint density at radius 3 is 2.85 bits per heavy atom. The van der Waals surface area contributed by atoms with Gasteiger partial charge in [-0.25, -0.2) is 13.1 Å². The number of carboxylic acids is 1. The molecule has 1 aliphatic rings. The molecular weight excluding hydrogens is 318 g/mol. The van der Waals surface area contributed by atoms with Gasteiger partial charge in [-0.3, -0.25) is 4.79 Å². The second kappa shape index (κ2) is 6.93. The summed E-state index contributed by atoms with van der Waals surface area (Å²) in [7, 11) is -3.51. The van der Waals surface area contributed by atoms with Crippen molar-refractivity contribution in [3.8, 4) is 0 Å². The van der Waals surface area contributed by atoms with Crippen LogP contribution in [0.15, 0.2) is 16.3 Å². The van der Waals surface area contributed by atoms with Crippen LogP contribution in [0.25, 0.3) is 0 Å². The molecule has 1 aliphatic heterocycles. The van der Waals surface area contributed by atoms with Crippen LogP contribution in [0.5, 0.6) is 0 Å². The van der Waals surface area contributed by atoms with E-state index in [0.29, 0.717) is 16.7 Å². The number of carboxylic acid groups (broad SMARTS) is 1. The van der Waals surface area contributed by atoms with E-state index in [1.165, 1.54) is 12.5 Å². The first-order valence-electron chi connectivity index (χ1n) is 6.39. The lowest BCUT2D eigenvalue weighted by Crippen LogP contribution is -2.31. The number of nitrogens with one attached hydrogen (secondary N) is 1. The summed E-state index contributed by atoms with van der Waals surface area (Å²) in [6.07, 6.45) is 3.26. The molecule has 0 amide bonds. The molecule has 0 aliphatic carbocycles. The minimum absolute atomic E-state index is 0.140. The monoisotopic (exact) mass is 335 g/mol. The quantitative estimate of drug-likeness (QED) is 0.830. The van der Waals surface area contributed by atoms with Gasteiger partial charge in [0.2, 0.25) is 10.0 Å². The summed E-state index contributed by atoms with van der Waals surface area (Å²) in [6, 6.07) is 3.03. The lowest BCUT2D eigenvalue weighted by Gasteiger charge is -2.21. The number of carbonyl (C=O) groups is 1. The Hall–Kier alpha value is -0.570. The Bertz CT molecular complexity index is 561. The zero-order chi connectivity index (χ0) is 14.6. The number of rotatable bonds is 6. The van der Waals surface area contributed by atoms with Crippen molar-refractivity contribution >= 4 is 39.1 Å². The summed E-state index contributed by atoms with van der Waals surface area (Å²) in [6.45, 7) is 0.444. The molecule has 0 bridgehead atoms. The third kappa shape index (κ3) is 4.47. The highest BCUT2D eigenvalue weighted by atomic mass is 32.2. The average molecular weight is 335 g/mol. The molecule has 2 heterocycles. The van der Waals surface area contributed by atoms with Crippen molar-refractivity contribution in [1.29, 1.82) is 0 Å². The molecule has 20 heavy (non-hydrogen) atoms. The Morgan fingerprint density at radius 1 is 1.40 bits per heavy atom. The predicted octanol–water partition coefficient (Wildman–Crippen LogP) is 1.94. The largest absolute Gasteiger partial charge is 0.481 e. The van der Waals surface area contributed by atoms with Crippen LogP contribution in [0.1, 0.15) is 24.1 Å². The molecule has 1 aromatic rings. The zero-order valence-corrected chi connectivity index (χ0v) is 13.3. The Labute approximate surface area is 126 Å². The van der Waals surface area contributed by atoms with Gasteiger partial charge in [0.15, 0.2) is 0 Å². The first-order chi connectivity index (χ1) is 9.47. The summed E-state index contributed by atoms with van der Waals surface area (Å²) < 4.78 is 27.0. The fourth-order valence-corrected chi connectivity index (χ4v) is 5.81. The van der Waals surface area contributed by atoms with Gasteiger partial charge in [0.1, 0.15) is 4.21 Å². The molecule has 5 nitrogen and oxygen atoms in total. The van der Waals surface area contributed by atoms with Gasteiger partial charge < -0.3 is 5.11 Å². The van der Waals surface area contributed by atoms with Gasteiger partial charge in [-0.05, 0) is 30.7 Å². The van der Waals surface area contributed by atoms with E-state index in [9.17, 15) is 13.2 Å². The van der Waals surface area contributed by atoms with Gasteiger partial charge in [0.25, 0.3) is 0 Å². The molecule has 1 saturated heterocycles. The third-order valence-electron chi connectivity index (χ3n) is 3.00. The molecule has 1 unspecified atom stereocenters. The summed E-state index contributed by atoms with van der Waals surface area (Å²) in [5.41, 5.74) is 0. The fraction of sp³-hybridized carbons (Fsp3) is 0.583. The van der Waals surface area contributed by atoms with Crippen molar-refractivity contribution < 1.29 is 18.3 Å². The molecule has 112 valence electrons. The topological polar surface area (TPSA) is 83.5 Å². The number of hydrogen-bond acceptors (Lipinski definition) is 5. The molecule has 0 radical (unpaired) electrons. The highest BCUT2D eigenvalue weighted by Crippen LogP contribution is 2.26. The number of thiophene rings is 1. The Balaban J connectivity index is 1.95. The van der Waals surface area contributed by atoms with E-state index >= 15 is 0 Å². The summed E-state index contributed by atoms with van der Waals surface area (Å²) in [5, 5.41) is 9.04. The summed E-state index contributed by atoms with van der Waals surface area (Å²) in [4.78, 5) is 11.1. The van der Waals surface area contributed by atoms with Crippen LogP contribution in [-0.4, -0.2) is 37.0 Å². The van der Waals surface area contributed by atoms with Crippen molar-refractivity contribution in [2.45, 2.75) is 35.1 Å². The third-order valence-corrected chi connectivity index (χ3v) is 7.40. The van der Waals surface area contributed by atoms with Crippen LogP contribution in [0.3, 0.4) is 0 Å². The molecule has 2 rings (SSSR count). The van der Waals surface area contributed by atoms with Crippen molar-refractivity contribution in [2.75, 3.05) is 12.3 Å². The van der Waals surface area contributed by atoms with Crippen LogP contribution in [-0.2, 0) is 21.2 Å². The molecule has 0 aromatic carbocycles. The van der Waals surface area contributed by atoms with Gasteiger partial charge in [0.05, 0.1) is 6.42 Å². The average Bonchev–Trinajstić information content (AvgIpc) is 2.86. The second-order valence-electron chi connectivity index (χ2n) is 4.63. The molecule has 8 heteroatoms. The van der Waals surface area contributed by atoms with Crippen LogP contribution in [0.2, 0.25) is 0 Å². The number of aliphatic carboxylic acids is 1. The van der Waals surface area contributed by atoms with E-state index in [4.69, 9.17) is 5.11 Å². The van der Waals surface area contributed by atoms with Gasteiger partial charge in [-0.2, -0.15) is 11.8 Å². The van der Waals surface area contributed by atoms with Gasteiger partial charge >= 0.3 is 5.97 Å². The molecule has 0 spiro atoms. The maximum Gasteiger partial charge on any atom is 0.308 e. The lowest BCUT2D eigenvalue weighted by molar-refractivity contribution is -0.136. The zero-order valence-electron chi connectivity index (χ0n) is 10.9. The minimum Gasteiger partial charge on any atom is -0.481 e. The second-order valence-corrected chi connectivity index (χ2v) is 9.20. The summed E-state index contributed by atoms with van der Waals surface area (Å²) in [5.74, 6) is 0.135. The van der Waals surface area contributed by atoms with E-state index in [0.717, 1.165) is 29.9 Å². The highest BCUT2D eigenvalue weighted by molar-refractivity contribution is 8.00. The van der Waals surface area contributed by atoms with E-state index in [1.807, 2.05) is 11.8 Å². The van der Waals surface area contributed by atoms with Crippen LogP contribution in [0, 0.1) is 0 Å². The molecular formula is C12H17NO4S3. The predicted molar refractivity (Wildman–Crippen MR) is 80.9 cm³/mol. The van der Waals surface area contributed by atoms with E-state index in [2.05, 4.69) is 4.72 Å². The van der Waals surface area contributed by atoms with Crippen molar-refractivity contribution in [1.82, 2.24) is 4.72 Å². The van der Waals surface area contributed by atoms with Crippen LogP contribution in [0.4, 0.5) is 0 Å². The Kier molecular flexibility index (Phi) is 5.48. The number of hydrogen-bond donors (Lipinski definition) is 2. The minimum atomic E-state index is -3.51. The first-order valence-corrected chi connectivity index (χ1v) is 9.74. The van der Waals surface area contributed by atoms with E-state index in [1.54, 1.807) is 6.07 Å². The standard InChI is InChI=1S/C12H17NO4S3/c14-11(15)7-9-4-5-12(19-9)20(16,17)13-8-10-3-1-2-6-18-10/h4-5,10,13H,1-3,6-8H2,(H,14,15). The van der Waals surface area contributed by atoms with Gasteiger partial charge in [0, 0.05) is 16.7 Å². The van der Waals surface area contributed by atoms with E-state index in [-0.39, 0.29) is 10.6 Å². The lowest BCUT2D eigenvalue weighted by atomic mass is 10.2. The molecule has 1 fully saturated rings. The number of thioether (sulfide) groups is 1. The normalized spacial score (nSPS) is 19.9. The Morgan fingerprint density at radius 2 is 2.20 bits per heavy atom. The smallest absolute Gasteiger partial charge is 0.308 e. The van der Waals surface area contributed by atoms with Crippen molar-refractivity contribution in [3.05, 3.63) is 17.0 Å². The first kappa shape index (κ1) is 15.8. The van der Waals surface area contributed by atoms with E-state index < -0.39 is 16.0 Å². The fourth-order valence-electron chi connectivity index (χ4n) is 1.99. The SMILES string of the molecule is O=C(O)Cc1ccc(S(=O)(=O)NCC2CCCCS2)s1. The molecule has 2 N–H and O–H groups in total. The maximum absolute atomic E-state index is 12.1. The molecule has 0 saturated carbocycles. The van der Waals surface area contributed by atoms with Gasteiger partial charge in [-0.1, -0.05) is 6.42 Å². The van der Waals surface area contributed by atoms with Gasteiger partial charge in [-0.15, -0.1) is 11.3 Å². The van der Waals surface area contributed by atoms with Crippen molar-refractivity contribution in [3.63, 3.8) is 0 Å². The number of sulfonamides is 1. The summed E-state index contributed by atoms with van der Waals surface area (Å²) >= 11 is 2.83. The molecule has 1 aromatic heterocycles. The highest BCUT2D eigenvalue weighted by Gasteiger charge is 2.21. The molecule has 1 atom stereocenters. The maximum atomic E-state index is 12.1. The van der Waals surface area contributed by atoms with Crippen LogP contribution < -0.4 is 4.72 Å². The van der Waals surface area contributed by atoms with Crippen molar-refractivity contribution in [2.24, 2.45) is 0 Å².